The van der Waals surface area contributed by atoms with Crippen molar-refractivity contribution in [2.24, 2.45) is 0 Å². The number of ether oxygens (including phenoxy) is 1. The molecule has 5 heteroatoms. The van der Waals surface area contributed by atoms with Gasteiger partial charge in [0.05, 0.1) is 23.2 Å². The molecule has 1 heterocycles. The fourth-order valence-electron chi connectivity index (χ4n) is 1.82. The fraction of sp³-hybridized carbons (Fsp3) is 0.231. The molecule has 0 aliphatic heterocycles. The third-order valence-corrected chi connectivity index (χ3v) is 4.42. The van der Waals surface area contributed by atoms with Crippen LogP contribution in [0.25, 0.3) is 0 Å². The Morgan fingerprint density at radius 1 is 1.22 bits per heavy atom. The summed E-state index contributed by atoms with van der Waals surface area (Å²) >= 11 is 13.9. The molecule has 0 bridgehead atoms. The summed E-state index contributed by atoms with van der Waals surface area (Å²) in [6.07, 6.45) is 0. The highest BCUT2D eigenvalue weighted by Gasteiger charge is 2.17. The summed E-state index contributed by atoms with van der Waals surface area (Å²) in [5, 5.41) is 6.60. The van der Waals surface area contributed by atoms with Crippen LogP contribution in [0, 0.1) is 0 Å². The third-order valence-electron chi connectivity index (χ3n) is 2.70. The molecule has 1 aromatic heterocycles. The molecule has 2 rings (SSSR count). The standard InChI is InChI=1S/C13H13Cl2NOS/c1-16-12(13-9(14)5-6-18-13)8-3-4-11(17-2)10(15)7-8/h3-7,12,16H,1-2H3. The molecule has 0 spiro atoms. The minimum absolute atomic E-state index is 0.0425. The molecule has 96 valence electrons. The number of methoxy groups -OCH3 is 1. The Balaban J connectivity index is 2.40. The van der Waals surface area contributed by atoms with Gasteiger partial charge in [-0.05, 0) is 36.2 Å². The Morgan fingerprint density at radius 3 is 2.50 bits per heavy atom. The first-order chi connectivity index (χ1) is 8.67. The van der Waals surface area contributed by atoms with Gasteiger partial charge in [0, 0.05) is 4.88 Å². The van der Waals surface area contributed by atoms with Crippen LogP contribution in [0.15, 0.2) is 29.6 Å². The van der Waals surface area contributed by atoms with Gasteiger partial charge in [0.25, 0.3) is 0 Å². The number of hydrogen-bond acceptors (Lipinski definition) is 3. The SMILES string of the molecule is CNC(c1ccc(OC)c(Cl)c1)c1sccc1Cl. The van der Waals surface area contributed by atoms with Crippen LogP contribution >= 0.6 is 34.5 Å². The van der Waals surface area contributed by atoms with Crippen LogP contribution in [-0.2, 0) is 0 Å². The zero-order valence-corrected chi connectivity index (χ0v) is 12.4. The minimum Gasteiger partial charge on any atom is -0.495 e. The molecule has 1 aromatic carbocycles. The van der Waals surface area contributed by atoms with E-state index in [1.807, 2.05) is 36.7 Å². The van der Waals surface area contributed by atoms with E-state index < -0.39 is 0 Å². The third kappa shape index (κ3) is 2.64. The van der Waals surface area contributed by atoms with Crippen LogP contribution < -0.4 is 10.1 Å². The van der Waals surface area contributed by atoms with Gasteiger partial charge in [0.2, 0.25) is 0 Å². The molecule has 1 N–H and O–H groups in total. The Labute approximate surface area is 120 Å². The summed E-state index contributed by atoms with van der Waals surface area (Å²) in [6.45, 7) is 0. The molecule has 0 fully saturated rings. The lowest BCUT2D eigenvalue weighted by atomic mass is 10.1. The molecule has 1 atom stereocenters. The molecule has 0 saturated carbocycles. The molecule has 0 radical (unpaired) electrons. The molecule has 0 aliphatic carbocycles. The summed E-state index contributed by atoms with van der Waals surface area (Å²) in [6, 6.07) is 7.70. The highest BCUT2D eigenvalue weighted by Crippen LogP contribution is 2.35. The number of thiophene rings is 1. The van der Waals surface area contributed by atoms with Crippen molar-refractivity contribution in [2.45, 2.75) is 6.04 Å². The number of halogens is 2. The average molecular weight is 302 g/mol. The lowest BCUT2D eigenvalue weighted by Gasteiger charge is -2.17. The molecule has 1 unspecified atom stereocenters. The maximum atomic E-state index is 6.17. The van der Waals surface area contributed by atoms with E-state index >= 15 is 0 Å². The van der Waals surface area contributed by atoms with Crippen LogP contribution in [0.1, 0.15) is 16.5 Å². The van der Waals surface area contributed by atoms with Gasteiger partial charge in [-0.3, -0.25) is 0 Å². The van der Waals surface area contributed by atoms with Crippen LogP contribution in [0.4, 0.5) is 0 Å². The molecule has 18 heavy (non-hydrogen) atoms. The topological polar surface area (TPSA) is 21.3 Å². The van der Waals surface area contributed by atoms with Crippen LogP contribution in [-0.4, -0.2) is 14.2 Å². The van der Waals surface area contributed by atoms with Crippen LogP contribution in [0.5, 0.6) is 5.75 Å². The molecule has 2 aromatic rings. The largest absolute Gasteiger partial charge is 0.495 e. The Bertz CT molecular complexity index is 542. The van der Waals surface area contributed by atoms with E-state index in [1.54, 1.807) is 18.4 Å². The van der Waals surface area contributed by atoms with Gasteiger partial charge >= 0.3 is 0 Å². The zero-order chi connectivity index (χ0) is 13.1. The van der Waals surface area contributed by atoms with Crippen molar-refractivity contribution in [2.75, 3.05) is 14.2 Å². The van der Waals surface area contributed by atoms with E-state index in [9.17, 15) is 0 Å². The summed E-state index contributed by atoms with van der Waals surface area (Å²) in [5.74, 6) is 0.674. The predicted molar refractivity (Wildman–Crippen MR) is 78.2 cm³/mol. The molecular formula is C13H13Cl2NOS. The zero-order valence-electron chi connectivity index (χ0n) is 10.0. The minimum atomic E-state index is 0.0425. The number of benzene rings is 1. The second kappa shape index (κ2) is 5.93. The second-order valence-corrected chi connectivity index (χ2v) is 5.51. The highest BCUT2D eigenvalue weighted by molar-refractivity contribution is 7.10. The maximum Gasteiger partial charge on any atom is 0.137 e. The van der Waals surface area contributed by atoms with Gasteiger partial charge in [0.15, 0.2) is 0 Å². The summed E-state index contributed by atoms with van der Waals surface area (Å²) in [4.78, 5) is 1.08. The van der Waals surface area contributed by atoms with Gasteiger partial charge in [-0.25, -0.2) is 0 Å². The number of nitrogens with one attached hydrogen (secondary N) is 1. The molecule has 0 saturated heterocycles. The summed E-state index contributed by atoms with van der Waals surface area (Å²) in [7, 11) is 3.51. The predicted octanol–water partition coefficient (Wildman–Crippen LogP) is 4.37. The first-order valence-corrected chi connectivity index (χ1v) is 7.04. The van der Waals surface area contributed by atoms with Crippen molar-refractivity contribution < 1.29 is 4.74 Å². The average Bonchev–Trinajstić information content (AvgIpc) is 2.77. The second-order valence-electron chi connectivity index (χ2n) is 3.75. The van der Waals surface area contributed by atoms with Crippen LogP contribution in [0.2, 0.25) is 10.0 Å². The van der Waals surface area contributed by atoms with Crippen molar-refractivity contribution >= 4 is 34.5 Å². The lowest BCUT2D eigenvalue weighted by molar-refractivity contribution is 0.414. The number of hydrogen-bond donors (Lipinski definition) is 1. The van der Waals surface area contributed by atoms with Gasteiger partial charge in [-0.15, -0.1) is 11.3 Å². The monoisotopic (exact) mass is 301 g/mol. The molecular weight excluding hydrogens is 289 g/mol. The molecule has 2 nitrogen and oxygen atoms in total. The van der Waals surface area contributed by atoms with E-state index in [0.29, 0.717) is 10.8 Å². The van der Waals surface area contributed by atoms with Gasteiger partial charge in [0.1, 0.15) is 5.75 Å². The van der Waals surface area contributed by atoms with Crippen molar-refractivity contribution in [3.63, 3.8) is 0 Å². The van der Waals surface area contributed by atoms with E-state index in [4.69, 9.17) is 27.9 Å². The summed E-state index contributed by atoms with van der Waals surface area (Å²) in [5.41, 5.74) is 1.06. The quantitative estimate of drug-likeness (QED) is 0.905. The van der Waals surface area contributed by atoms with Crippen molar-refractivity contribution in [1.82, 2.24) is 5.32 Å². The van der Waals surface area contributed by atoms with Crippen LogP contribution in [0.3, 0.4) is 0 Å². The Morgan fingerprint density at radius 2 is 2.00 bits per heavy atom. The summed E-state index contributed by atoms with van der Waals surface area (Å²) < 4.78 is 5.15. The normalized spacial score (nSPS) is 12.4. The van der Waals surface area contributed by atoms with Crippen molar-refractivity contribution in [3.8, 4) is 5.75 Å². The maximum absolute atomic E-state index is 6.17. The first-order valence-electron chi connectivity index (χ1n) is 5.41. The van der Waals surface area contributed by atoms with Crippen molar-refractivity contribution in [1.29, 1.82) is 0 Å². The molecule has 0 amide bonds. The lowest BCUT2D eigenvalue weighted by Crippen LogP contribution is -2.16. The molecule has 0 aliphatic rings. The number of rotatable bonds is 4. The van der Waals surface area contributed by atoms with Gasteiger partial charge in [-0.1, -0.05) is 29.3 Å². The van der Waals surface area contributed by atoms with Gasteiger partial charge < -0.3 is 10.1 Å². The van der Waals surface area contributed by atoms with Crippen molar-refractivity contribution in [3.05, 3.63) is 50.1 Å². The van der Waals surface area contributed by atoms with E-state index in [1.165, 1.54) is 0 Å². The Hall–Kier alpha value is -0.740. The van der Waals surface area contributed by atoms with E-state index in [0.717, 1.165) is 15.5 Å². The smallest absolute Gasteiger partial charge is 0.137 e. The fourth-order valence-corrected chi connectivity index (χ4v) is 3.39. The van der Waals surface area contributed by atoms with E-state index in [2.05, 4.69) is 5.32 Å². The van der Waals surface area contributed by atoms with Gasteiger partial charge in [-0.2, -0.15) is 0 Å². The van der Waals surface area contributed by atoms with E-state index in [-0.39, 0.29) is 6.04 Å². The first kappa shape index (κ1) is 13.7. The Kier molecular flexibility index (Phi) is 4.51. The highest BCUT2D eigenvalue weighted by atomic mass is 35.5.